The highest BCUT2D eigenvalue weighted by molar-refractivity contribution is 7.80. The van der Waals surface area contributed by atoms with Crippen LogP contribution in [0.3, 0.4) is 0 Å². The first-order valence-electron chi connectivity index (χ1n) is 5.08. The number of esters is 1. The lowest BCUT2D eigenvalue weighted by Crippen LogP contribution is -2.41. The van der Waals surface area contributed by atoms with Crippen molar-refractivity contribution in [2.45, 2.75) is 39.4 Å². The van der Waals surface area contributed by atoms with Crippen LogP contribution in [0.1, 0.15) is 27.7 Å². The Kier molecular flexibility index (Phi) is 8.04. The Morgan fingerprint density at radius 3 is 2.06 bits per heavy atom. The van der Waals surface area contributed by atoms with Crippen molar-refractivity contribution in [1.29, 1.82) is 0 Å². The molecule has 18 heavy (non-hydrogen) atoms. The van der Waals surface area contributed by atoms with Gasteiger partial charge in [-0.3, -0.25) is 4.55 Å². The van der Waals surface area contributed by atoms with E-state index in [2.05, 4.69) is 16.5 Å². The van der Waals surface area contributed by atoms with Crippen molar-refractivity contribution in [3.63, 3.8) is 0 Å². The third kappa shape index (κ3) is 8.18. The molecule has 0 radical (unpaired) electrons. The van der Waals surface area contributed by atoms with Gasteiger partial charge in [0, 0.05) is 5.57 Å². The second kappa shape index (κ2) is 7.47. The van der Waals surface area contributed by atoms with Crippen LogP contribution in [-0.4, -0.2) is 37.7 Å². The average molecular weight is 283 g/mol. The smallest absolute Gasteiger partial charge is 0.397 e. The topological polar surface area (TPSA) is 116 Å². The maximum absolute atomic E-state index is 11.2. The fourth-order valence-electron chi connectivity index (χ4n) is 0.707. The molecule has 7 nitrogen and oxygen atoms in total. The molecule has 0 fully saturated rings. The molecule has 3 N–H and O–H groups in total. The molecule has 8 heteroatoms. The lowest BCUT2D eigenvalue weighted by Gasteiger charge is -2.30. The van der Waals surface area contributed by atoms with Crippen LogP contribution in [0.15, 0.2) is 12.2 Å². The largest absolute Gasteiger partial charge is 0.454 e. The van der Waals surface area contributed by atoms with Crippen LogP contribution in [0.25, 0.3) is 0 Å². The summed E-state index contributed by atoms with van der Waals surface area (Å²) >= 11 is 0. The molecule has 0 bridgehead atoms. The van der Waals surface area contributed by atoms with Gasteiger partial charge in [0.05, 0.1) is 0 Å². The summed E-state index contributed by atoms with van der Waals surface area (Å²) in [7, 11) is -3.08. The van der Waals surface area contributed by atoms with E-state index < -0.39 is 28.1 Å². The molecule has 0 aliphatic rings. The van der Waals surface area contributed by atoms with Gasteiger partial charge in [-0.15, -0.1) is 0 Å². The molecule has 0 rings (SSSR count). The van der Waals surface area contributed by atoms with Gasteiger partial charge in [0.25, 0.3) is 0 Å². The van der Waals surface area contributed by atoms with Crippen molar-refractivity contribution in [2.75, 3.05) is 7.05 Å². The molecule has 0 aliphatic heterocycles. The number of carbonyl (C=O) groups excluding carboxylic acids is 1. The fourth-order valence-corrected chi connectivity index (χ4v) is 1.30. The van der Waals surface area contributed by atoms with Crippen molar-refractivity contribution >= 4 is 16.4 Å². The molecule has 0 saturated carbocycles. The van der Waals surface area contributed by atoms with Crippen molar-refractivity contribution in [2.24, 2.45) is 5.73 Å². The first-order valence-corrected chi connectivity index (χ1v) is 6.44. The van der Waals surface area contributed by atoms with Gasteiger partial charge < -0.3 is 10.5 Å². The minimum absolute atomic E-state index is 0.187. The van der Waals surface area contributed by atoms with Crippen LogP contribution in [-0.2, 0) is 24.1 Å². The van der Waals surface area contributed by atoms with Crippen LogP contribution >= 0.6 is 0 Å². The number of nitrogens with two attached hydrogens (primary N) is 1. The number of carbonyl (C=O) groups is 1. The van der Waals surface area contributed by atoms with Gasteiger partial charge in [-0.25, -0.2) is 8.98 Å². The van der Waals surface area contributed by atoms with Gasteiger partial charge >= 0.3 is 16.4 Å². The summed E-state index contributed by atoms with van der Waals surface area (Å²) in [5, 5.41) is 0. The molecule has 1 atom stereocenters. The standard InChI is InChI=1S/C9H16O6S.CH5N/c1-6(2)8(10)14-9(4,5)7(3)15-16(11,12)13;1-2/h7H,1H2,2-5H3,(H,11,12,13);2H2,1H3. The molecule has 0 amide bonds. The molecule has 0 saturated heterocycles. The number of ether oxygens (including phenoxy) is 1. The van der Waals surface area contributed by atoms with E-state index in [9.17, 15) is 13.2 Å². The van der Waals surface area contributed by atoms with Crippen molar-refractivity contribution < 1.29 is 26.7 Å². The lowest BCUT2D eigenvalue weighted by molar-refractivity contribution is -0.159. The minimum Gasteiger partial charge on any atom is -0.454 e. The molecule has 0 aromatic heterocycles. The van der Waals surface area contributed by atoms with E-state index in [1.807, 2.05) is 0 Å². The number of rotatable bonds is 5. The van der Waals surface area contributed by atoms with E-state index in [1.54, 1.807) is 0 Å². The zero-order valence-electron chi connectivity index (χ0n) is 11.3. The molecule has 0 aromatic carbocycles. The molecule has 0 spiro atoms. The Morgan fingerprint density at radius 1 is 1.39 bits per heavy atom. The lowest BCUT2D eigenvalue weighted by atomic mass is 10.0. The fraction of sp³-hybridized carbons (Fsp3) is 0.700. The van der Waals surface area contributed by atoms with Gasteiger partial charge in [0.1, 0.15) is 11.7 Å². The first kappa shape index (κ1) is 19.4. The predicted octanol–water partition coefficient (Wildman–Crippen LogP) is 0.667. The van der Waals surface area contributed by atoms with Crippen LogP contribution in [0.5, 0.6) is 0 Å². The van der Waals surface area contributed by atoms with Crippen LogP contribution < -0.4 is 5.73 Å². The highest BCUT2D eigenvalue weighted by Crippen LogP contribution is 2.20. The Balaban J connectivity index is 0. The second-order valence-corrected chi connectivity index (χ2v) is 4.99. The van der Waals surface area contributed by atoms with E-state index in [-0.39, 0.29) is 5.57 Å². The van der Waals surface area contributed by atoms with Gasteiger partial charge in [-0.05, 0) is 34.7 Å². The maximum Gasteiger partial charge on any atom is 0.397 e. The quantitative estimate of drug-likeness (QED) is 0.432. The van der Waals surface area contributed by atoms with E-state index in [1.165, 1.54) is 34.7 Å². The SMILES string of the molecule is C=C(C)C(=O)OC(C)(C)C(C)OS(=O)(=O)O.CN. The molecule has 1 unspecified atom stereocenters. The maximum atomic E-state index is 11.2. The summed E-state index contributed by atoms with van der Waals surface area (Å²) in [4.78, 5) is 11.2. The van der Waals surface area contributed by atoms with E-state index >= 15 is 0 Å². The summed E-state index contributed by atoms with van der Waals surface area (Å²) in [6, 6.07) is 0. The predicted molar refractivity (Wildman–Crippen MR) is 67.2 cm³/mol. The molecule has 0 aromatic rings. The molecule has 0 heterocycles. The summed E-state index contributed by atoms with van der Waals surface area (Å²) in [5.74, 6) is -0.657. The zero-order chi connectivity index (χ0) is 15.1. The number of hydrogen-bond acceptors (Lipinski definition) is 6. The summed E-state index contributed by atoms with van der Waals surface area (Å²) in [6.45, 7) is 9.14. The first-order chi connectivity index (χ1) is 7.96. The summed E-state index contributed by atoms with van der Waals surface area (Å²) in [6.07, 6.45) is -1.02. The van der Waals surface area contributed by atoms with Crippen molar-refractivity contribution in [1.82, 2.24) is 0 Å². The second-order valence-electron chi connectivity index (χ2n) is 3.94. The third-order valence-electron chi connectivity index (χ3n) is 1.95. The van der Waals surface area contributed by atoms with Gasteiger partial charge in [-0.1, -0.05) is 6.58 Å². The van der Waals surface area contributed by atoms with E-state index in [0.717, 1.165) is 0 Å². The Bertz CT molecular complexity index is 387. The number of hydrogen-bond donors (Lipinski definition) is 2. The highest BCUT2D eigenvalue weighted by Gasteiger charge is 2.34. The van der Waals surface area contributed by atoms with Crippen LogP contribution in [0, 0.1) is 0 Å². The third-order valence-corrected chi connectivity index (χ3v) is 2.48. The van der Waals surface area contributed by atoms with Crippen LogP contribution in [0.2, 0.25) is 0 Å². The molecule has 0 aliphatic carbocycles. The van der Waals surface area contributed by atoms with Crippen molar-refractivity contribution in [3.8, 4) is 0 Å². The van der Waals surface area contributed by atoms with Gasteiger partial charge in [-0.2, -0.15) is 8.42 Å². The van der Waals surface area contributed by atoms with Gasteiger partial charge in [0.2, 0.25) is 0 Å². The Labute approximate surface area is 108 Å². The van der Waals surface area contributed by atoms with E-state index in [0.29, 0.717) is 0 Å². The summed E-state index contributed by atoms with van der Waals surface area (Å²) in [5.41, 5.74) is 3.48. The van der Waals surface area contributed by atoms with Crippen LogP contribution in [0.4, 0.5) is 0 Å². The highest BCUT2D eigenvalue weighted by atomic mass is 32.3. The molecule has 108 valence electrons. The molecular formula is C10H21NO6S. The van der Waals surface area contributed by atoms with E-state index in [4.69, 9.17) is 9.29 Å². The Hall–Kier alpha value is -0.960. The molecular weight excluding hydrogens is 262 g/mol. The average Bonchev–Trinajstić information content (AvgIpc) is 2.17. The summed E-state index contributed by atoms with van der Waals surface area (Å²) < 4.78 is 38.7. The minimum atomic E-state index is -4.58. The van der Waals surface area contributed by atoms with Crippen molar-refractivity contribution in [3.05, 3.63) is 12.2 Å². The monoisotopic (exact) mass is 283 g/mol. The normalized spacial score (nSPS) is 13.1. The van der Waals surface area contributed by atoms with Gasteiger partial charge in [0.15, 0.2) is 0 Å². The Morgan fingerprint density at radius 2 is 1.78 bits per heavy atom. The zero-order valence-corrected chi connectivity index (χ0v) is 12.1.